The Kier molecular flexibility index (Phi) is 4.93. The van der Waals surface area contributed by atoms with Gasteiger partial charge in [-0.3, -0.25) is 4.79 Å². The lowest BCUT2D eigenvalue weighted by molar-refractivity contribution is 0.0706. The van der Waals surface area contributed by atoms with Gasteiger partial charge in [-0.25, -0.2) is 9.97 Å². The summed E-state index contributed by atoms with van der Waals surface area (Å²) < 4.78 is 5.04. The molecule has 0 spiro atoms. The van der Waals surface area contributed by atoms with Crippen LogP contribution in [0.1, 0.15) is 34.7 Å². The molecule has 2 aromatic heterocycles. The fourth-order valence-corrected chi connectivity index (χ4v) is 3.08. The minimum Gasteiger partial charge on any atom is -0.481 e. The highest BCUT2D eigenvalue weighted by Crippen LogP contribution is 2.28. The molecule has 0 bridgehead atoms. The average molecular weight is 326 g/mol. The Balaban J connectivity index is 1.73. The van der Waals surface area contributed by atoms with Crippen LogP contribution >= 0.6 is 0 Å². The summed E-state index contributed by atoms with van der Waals surface area (Å²) in [4.78, 5) is 23.0. The van der Waals surface area contributed by atoms with Gasteiger partial charge in [0.05, 0.1) is 12.7 Å². The first-order valence-corrected chi connectivity index (χ1v) is 8.14. The Morgan fingerprint density at radius 3 is 2.92 bits per heavy atom. The van der Waals surface area contributed by atoms with Crippen molar-refractivity contribution in [3.05, 3.63) is 47.8 Å². The molecule has 0 aliphatic carbocycles. The van der Waals surface area contributed by atoms with Gasteiger partial charge in [-0.15, -0.1) is 0 Å². The molecule has 0 radical (unpaired) electrons. The molecule has 1 N–H and O–H groups in total. The van der Waals surface area contributed by atoms with Crippen LogP contribution in [0.2, 0.25) is 0 Å². The molecular formula is C18H22N4O2. The van der Waals surface area contributed by atoms with Gasteiger partial charge in [-0.2, -0.15) is 0 Å². The minimum atomic E-state index is 0.0257. The number of carbonyl (C=O) groups excluding carboxylic acids is 1. The maximum absolute atomic E-state index is 12.7. The van der Waals surface area contributed by atoms with E-state index < -0.39 is 0 Å². The minimum absolute atomic E-state index is 0.0257. The number of nitrogens with zero attached hydrogens (tertiary/aromatic N) is 3. The largest absolute Gasteiger partial charge is 0.481 e. The average Bonchev–Trinajstić information content (AvgIpc) is 2.67. The molecule has 126 valence electrons. The van der Waals surface area contributed by atoms with Crippen LogP contribution in [-0.2, 0) is 0 Å². The van der Waals surface area contributed by atoms with Crippen LogP contribution in [-0.4, -0.2) is 48.0 Å². The first-order chi connectivity index (χ1) is 11.7. The molecule has 3 heterocycles. The highest BCUT2D eigenvalue weighted by Gasteiger charge is 2.26. The molecule has 0 unspecified atom stereocenters. The Bertz CT molecular complexity index is 702. The summed E-state index contributed by atoms with van der Waals surface area (Å²) >= 11 is 0. The van der Waals surface area contributed by atoms with Crippen molar-refractivity contribution in [1.29, 1.82) is 0 Å². The number of pyridine rings is 2. The lowest BCUT2D eigenvalue weighted by Crippen LogP contribution is -2.39. The van der Waals surface area contributed by atoms with Crippen LogP contribution in [0.3, 0.4) is 0 Å². The summed E-state index contributed by atoms with van der Waals surface area (Å²) in [5, 5.41) is 3.07. The van der Waals surface area contributed by atoms with Crippen LogP contribution in [0.25, 0.3) is 0 Å². The monoisotopic (exact) mass is 326 g/mol. The molecule has 0 aromatic carbocycles. The number of anilines is 1. The molecule has 2 aromatic rings. The van der Waals surface area contributed by atoms with Gasteiger partial charge in [0.1, 0.15) is 5.82 Å². The molecule has 1 aliphatic heterocycles. The Morgan fingerprint density at radius 1 is 1.33 bits per heavy atom. The number of methoxy groups -OCH3 is 1. The third-order valence-electron chi connectivity index (χ3n) is 4.41. The standard InChI is InChI=1S/C18H22N4O2/c1-19-16-10-13(7-8-20-16)15-4-3-9-22(12-15)18(23)14-5-6-17(24-2)21-11-14/h5-8,10-11,15H,3-4,9,12H2,1-2H3,(H,19,20)/t15-/m0/s1. The number of carbonyl (C=O) groups is 1. The summed E-state index contributed by atoms with van der Waals surface area (Å²) in [7, 11) is 3.42. The van der Waals surface area contributed by atoms with Crippen molar-refractivity contribution in [2.75, 3.05) is 32.6 Å². The number of hydrogen-bond donors (Lipinski definition) is 1. The van der Waals surface area contributed by atoms with Gasteiger partial charge < -0.3 is 15.0 Å². The molecule has 1 atom stereocenters. The third-order valence-corrected chi connectivity index (χ3v) is 4.41. The molecule has 6 nitrogen and oxygen atoms in total. The maximum Gasteiger partial charge on any atom is 0.255 e. The van der Waals surface area contributed by atoms with Gasteiger partial charge in [0.15, 0.2) is 0 Å². The smallest absolute Gasteiger partial charge is 0.255 e. The van der Waals surface area contributed by atoms with Gasteiger partial charge in [-0.1, -0.05) is 0 Å². The number of amides is 1. The van der Waals surface area contributed by atoms with E-state index in [1.807, 2.05) is 24.2 Å². The molecule has 0 saturated carbocycles. The van der Waals surface area contributed by atoms with Crippen LogP contribution in [0.5, 0.6) is 5.88 Å². The summed E-state index contributed by atoms with van der Waals surface area (Å²) in [6.07, 6.45) is 5.47. The number of hydrogen-bond acceptors (Lipinski definition) is 5. The van der Waals surface area contributed by atoms with Crippen molar-refractivity contribution in [3.63, 3.8) is 0 Å². The van der Waals surface area contributed by atoms with E-state index in [9.17, 15) is 4.79 Å². The first-order valence-electron chi connectivity index (χ1n) is 8.14. The maximum atomic E-state index is 12.7. The van der Waals surface area contributed by atoms with Crippen molar-refractivity contribution in [2.45, 2.75) is 18.8 Å². The summed E-state index contributed by atoms with van der Waals surface area (Å²) in [5.41, 5.74) is 1.82. The molecule has 1 fully saturated rings. The molecule has 24 heavy (non-hydrogen) atoms. The number of piperidine rings is 1. The van der Waals surface area contributed by atoms with Gasteiger partial charge in [-0.05, 0) is 36.6 Å². The zero-order valence-corrected chi connectivity index (χ0v) is 14.0. The van der Waals surface area contributed by atoms with Crippen molar-refractivity contribution >= 4 is 11.7 Å². The zero-order valence-electron chi connectivity index (χ0n) is 14.0. The van der Waals surface area contributed by atoms with Crippen molar-refractivity contribution in [1.82, 2.24) is 14.9 Å². The number of nitrogens with one attached hydrogen (secondary N) is 1. The number of ether oxygens (including phenoxy) is 1. The second-order valence-electron chi connectivity index (χ2n) is 5.90. The SMILES string of the molecule is CNc1cc([C@H]2CCCN(C(=O)c3ccc(OC)nc3)C2)ccn1. The van der Waals surface area contributed by atoms with Gasteiger partial charge in [0, 0.05) is 44.5 Å². The highest BCUT2D eigenvalue weighted by molar-refractivity contribution is 5.94. The van der Waals surface area contributed by atoms with Gasteiger partial charge >= 0.3 is 0 Å². The van der Waals surface area contributed by atoms with E-state index in [-0.39, 0.29) is 5.91 Å². The van der Waals surface area contributed by atoms with E-state index in [2.05, 4.69) is 21.4 Å². The lowest BCUT2D eigenvalue weighted by Gasteiger charge is -2.33. The molecule has 1 saturated heterocycles. The van der Waals surface area contributed by atoms with Crippen molar-refractivity contribution in [2.24, 2.45) is 0 Å². The van der Waals surface area contributed by atoms with Crippen LogP contribution in [0.4, 0.5) is 5.82 Å². The van der Waals surface area contributed by atoms with E-state index in [1.54, 1.807) is 25.4 Å². The molecule has 3 rings (SSSR count). The molecule has 6 heteroatoms. The topological polar surface area (TPSA) is 67.4 Å². The second-order valence-corrected chi connectivity index (χ2v) is 5.90. The fraction of sp³-hybridized carbons (Fsp3) is 0.389. The summed E-state index contributed by atoms with van der Waals surface area (Å²) in [5.74, 6) is 1.73. The van der Waals surface area contributed by atoms with E-state index in [0.717, 1.165) is 31.7 Å². The fourth-order valence-electron chi connectivity index (χ4n) is 3.08. The number of aromatic nitrogens is 2. The Morgan fingerprint density at radius 2 is 2.21 bits per heavy atom. The van der Waals surface area contributed by atoms with E-state index in [4.69, 9.17) is 4.74 Å². The van der Waals surface area contributed by atoms with E-state index >= 15 is 0 Å². The van der Waals surface area contributed by atoms with E-state index in [1.165, 1.54) is 5.56 Å². The van der Waals surface area contributed by atoms with Crippen molar-refractivity contribution < 1.29 is 9.53 Å². The number of likely N-dealkylation sites (tertiary alicyclic amines) is 1. The molecule has 1 aliphatic rings. The second kappa shape index (κ2) is 7.29. The predicted octanol–water partition coefficient (Wildman–Crippen LogP) is 2.55. The van der Waals surface area contributed by atoms with Gasteiger partial charge in [0.2, 0.25) is 5.88 Å². The Hall–Kier alpha value is -2.63. The Labute approximate surface area is 141 Å². The lowest BCUT2D eigenvalue weighted by atomic mass is 9.91. The summed E-state index contributed by atoms with van der Waals surface area (Å²) in [6, 6.07) is 7.59. The van der Waals surface area contributed by atoms with Gasteiger partial charge in [0.25, 0.3) is 5.91 Å². The zero-order chi connectivity index (χ0) is 16.9. The summed E-state index contributed by atoms with van der Waals surface area (Å²) in [6.45, 7) is 1.50. The third kappa shape index (κ3) is 3.48. The normalized spacial score (nSPS) is 17.4. The molecule has 1 amide bonds. The quantitative estimate of drug-likeness (QED) is 0.935. The molecular weight excluding hydrogens is 304 g/mol. The predicted molar refractivity (Wildman–Crippen MR) is 92.5 cm³/mol. The highest BCUT2D eigenvalue weighted by atomic mass is 16.5. The van der Waals surface area contributed by atoms with E-state index in [0.29, 0.717) is 17.4 Å². The first kappa shape index (κ1) is 16.2. The van der Waals surface area contributed by atoms with Crippen LogP contribution in [0.15, 0.2) is 36.7 Å². The van der Waals surface area contributed by atoms with Crippen LogP contribution < -0.4 is 10.1 Å². The van der Waals surface area contributed by atoms with Crippen LogP contribution in [0, 0.1) is 0 Å². The van der Waals surface area contributed by atoms with Crippen molar-refractivity contribution in [3.8, 4) is 5.88 Å². The number of rotatable bonds is 4.